The van der Waals surface area contributed by atoms with Crippen LogP contribution < -0.4 is 4.74 Å². The molecule has 0 bridgehead atoms. The van der Waals surface area contributed by atoms with Gasteiger partial charge in [-0.3, -0.25) is 10.1 Å². The number of nitrogens with zero attached hydrogens (tertiary/aromatic N) is 1. The molecule has 0 unspecified atom stereocenters. The summed E-state index contributed by atoms with van der Waals surface area (Å²) >= 11 is 3.39. The topological polar surface area (TPSA) is 52.4 Å². The molecule has 2 aromatic carbocycles. The van der Waals surface area contributed by atoms with Crippen LogP contribution in [0.3, 0.4) is 0 Å². The Hall–Kier alpha value is -1.88. The molecule has 0 saturated carbocycles. The maximum Gasteiger partial charge on any atom is 0.314 e. The second kappa shape index (κ2) is 5.40. The van der Waals surface area contributed by atoms with Crippen LogP contribution in [0, 0.1) is 24.0 Å². The molecule has 0 atom stereocenters. The van der Waals surface area contributed by atoms with Crippen molar-refractivity contribution in [3.63, 3.8) is 0 Å². The summed E-state index contributed by atoms with van der Waals surface area (Å²) in [6.07, 6.45) is 0. The Balaban J connectivity index is 2.50. The predicted molar refractivity (Wildman–Crippen MR) is 76.8 cm³/mol. The summed E-state index contributed by atoms with van der Waals surface area (Å²) in [4.78, 5) is 10.7. The highest BCUT2D eigenvalue weighted by Gasteiger charge is 2.20. The number of ether oxygens (including phenoxy) is 1. The van der Waals surface area contributed by atoms with Crippen molar-refractivity contribution in [2.45, 2.75) is 13.8 Å². The average molecular weight is 322 g/mol. The molecule has 0 radical (unpaired) electrons. The van der Waals surface area contributed by atoms with Gasteiger partial charge in [0, 0.05) is 5.56 Å². The number of nitro benzene ring substituents is 1. The van der Waals surface area contributed by atoms with Crippen LogP contribution in [-0.2, 0) is 0 Å². The van der Waals surface area contributed by atoms with Gasteiger partial charge in [0.1, 0.15) is 5.75 Å². The Morgan fingerprint density at radius 3 is 2.37 bits per heavy atom. The minimum Gasteiger partial charge on any atom is -0.449 e. The summed E-state index contributed by atoms with van der Waals surface area (Å²) in [6.45, 7) is 3.58. The van der Waals surface area contributed by atoms with Gasteiger partial charge in [0.2, 0.25) is 5.75 Å². The molecule has 0 N–H and O–H groups in total. The Bertz CT molecular complexity index is 620. The normalized spacial score (nSPS) is 10.3. The number of nitro groups is 1. The fraction of sp³-hybridized carbons (Fsp3) is 0.143. The Kier molecular flexibility index (Phi) is 3.85. The number of para-hydroxylation sites is 2. The third-order valence-electron chi connectivity index (χ3n) is 2.76. The number of benzene rings is 2. The molecule has 0 aliphatic heterocycles. The molecule has 0 spiro atoms. The van der Waals surface area contributed by atoms with Crippen LogP contribution in [0.1, 0.15) is 11.1 Å². The quantitative estimate of drug-likeness (QED) is 0.604. The van der Waals surface area contributed by atoms with Crippen molar-refractivity contribution >= 4 is 21.6 Å². The molecule has 2 rings (SSSR count). The SMILES string of the molecule is Cc1cccc(Br)c1Oc1cccc(C)c1[N+](=O)[O-]. The van der Waals surface area contributed by atoms with E-state index >= 15 is 0 Å². The van der Waals surface area contributed by atoms with Gasteiger partial charge in [-0.15, -0.1) is 0 Å². The first-order chi connectivity index (χ1) is 9.00. The third-order valence-corrected chi connectivity index (χ3v) is 3.38. The first-order valence-corrected chi connectivity index (χ1v) is 6.47. The van der Waals surface area contributed by atoms with E-state index in [4.69, 9.17) is 4.74 Å². The van der Waals surface area contributed by atoms with Gasteiger partial charge >= 0.3 is 5.69 Å². The second-order valence-electron chi connectivity index (χ2n) is 4.17. The molecule has 98 valence electrons. The van der Waals surface area contributed by atoms with Crippen molar-refractivity contribution in [2.75, 3.05) is 0 Å². The zero-order valence-electron chi connectivity index (χ0n) is 10.5. The summed E-state index contributed by atoms with van der Waals surface area (Å²) in [7, 11) is 0. The zero-order chi connectivity index (χ0) is 14.0. The molecule has 2 aromatic rings. The number of hydrogen-bond acceptors (Lipinski definition) is 3. The number of rotatable bonds is 3. The highest BCUT2D eigenvalue weighted by molar-refractivity contribution is 9.10. The molecule has 0 amide bonds. The first kappa shape index (κ1) is 13.5. The summed E-state index contributed by atoms with van der Waals surface area (Å²) in [6, 6.07) is 10.6. The van der Waals surface area contributed by atoms with Crippen molar-refractivity contribution in [1.82, 2.24) is 0 Å². The minimum absolute atomic E-state index is 0.00217. The van der Waals surface area contributed by atoms with Gasteiger partial charge in [0.25, 0.3) is 0 Å². The van der Waals surface area contributed by atoms with Crippen LogP contribution in [0.4, 0.5) is 5.69 Å². The number of hydrogen-bond donors (Lipinski definition) is 0. The van der Waals surface area contributed by atoms with Crippen molar-refractivity contribution in [3.8, 4) is 11.5 Å². The van der Waals surface area contributed by atoms with Gasteiger partial charge < -0.3 is 4.74 Å². The molecule has 0 fully saturated rings. The van der Waals surface area contributed by atoms with E-state index in [0.717, 1.165) is 10.0 Å². The van der Waals surface area contributed by atoms with Crippen molar-refractivity contribution < 1.29 is 9.66 Å². The lowest BCUT2D eigenvalue weighted by Gasteiger charge is -2.11. The van der Waals surface area contributed by atoms with Gasteiger partial charge in [-0.2, -0.15) is 0 Å². The minimum atomic E-state index is -0.420. The second-order valence-corrected chi connectivity index (χ2v) is 5.02. The van der Waals surface area contributed by atoms with Gasteiger partial charge in [-0.25, -0.2) is 0 Å². The highest BCUT2D eigenvalue weighted by atomic mass is 79.9. The highest BCUT2D eigenvalue weighted by Crippen LogP contribution is 2.38. The molecule has 0 saturated heterocycles. The largest absolute Gasteiger partial charge is 0.449 e. The Morgan fingerprint density at radius 2 is 1.74 bits per heavy atom. The standard InChI is InChI=1S/C14H12BrNO3/c1-9-5-4-8-12(13(9)16(17)18)19-14-10(2)6-3-7-11(14)15/h3-8H,1-2H3. The zero-order valence-corrected chi connectivity index (χ0v) is 12.1. The average Bonchev–Trinajstić information content (AvgIpc) is 2.33. The summed E-state index contributed by atoms with van der Waals surface area (Å²) in [5, 5.41) is 11.1. The predicted octanol–water partition coefficient (Wildman–Crippen LogP) is 4.77. The lowest BCUT2D eigenvalue weighted by Crippen LogP contribution is -1.97. The van der Waals surface area contributed by atoms with E-state index in [1.807, 2.05) is 25.1 Å². The van der Waals surface area contributed by atoms with E-state index in [2.05, 4.69) is 15.9 Å². The molecular formula is C14H12BrNO3. The van der Waals surface area contributed by atoms with Crippen LogP contribution in [0.15, 0.2) is 40.9 Å². The fourth-order valence-corrected chi connectivity index (χ4v) is 2.35. The Morgan fingerprint density at radius 1 is 1.11 bits per heavy atom. The molecule has 0 aromatic heterocycles. The maximum atomic E-state index is 11.1. The summed E-state index contributed by atoms with van der Waals surface area (Å²) in [5.74, 6) is 0.844. The smallest absolute Gasteiger partial charge is 0.314 e. The van der Waals surface area contributed by atoms with Gasteiger partial charge in [-0.05, 0) is 47.5 Å². The first-order valence-electron chi connectivity index (χ1n) is 5.67. The molecule has 0 heterocycles. The fourth-order valence-electron chi connectivity index (χ4n) is 1.80. The van der Waals surface area contributed by atoms with Gasteiger partial charge in [0.15, 0.2) is 0 Å². The monoisotopic (exact) mass is 321 g/mol. The molecular weight excluding hydrogens is 310 g/mol. The maximum absolute atomic E-state index is 11.1. The molecule has 0 aliphatic rings. The summed E-state index contributed by atoms with van der Waals surface area (Å²) in [5.41, 5.74) is 1.48. The third kappa shape index (κ3) is 2.76. The molecule has 0 aliphatic carbocycles. The lowest BCUT2D eigenvalue weighted by atomic mass is 10.2. The Labute approximate surface area is 119 Å². The van der Waals surface area contributed by atoms with E-state index in [-0.39, 0.29) is 11.4 Å². The van der Waals surface area contributed by atoms with Crippen molar-refractivity contribution in [1.29, 1.82) is 0 Å². The van der Waals surface area contributed by atoms with E-state index in [1.165, 1.54) is 0 Å². The van der Waals surface area contributed by atoms with Crippen LogP contribution in [0.5, 0.6) is 11.5 Å². The molecule has 5 heteroatoms. The van der Waals surface area contributed by atoms with E-state index in [1.54, 1.807) is 25.1 Å². The number of aryl methyl sites for hydroxylation is 2. The van der Waals surface area contributed by atoms with Gasteiger partial charge in [0.05, 0.1) is 9.40 Å². The van der Waals surface area contributed by atoms with E-state index in [0.29, 0.717) is 11.3 Å². The summed E-state index contributed by atoms with van der Waals surface area (Å²) < 4.78 is 6.49. The van der Waals surface area contributed by atoms with Crippen LogP contribution >= 0.6 is 15.9 Å². The van der Waals surface area contributed by atoms with Crippen LogP contribution in [0.25, 0.3) is 0 Å². The number of halogens is 1. The van der Waals surface area contributed by atoms with E-state index in [9.17, 15) is 10.1 Å². The molecule has 4 nitrogen and oxygen atoms in total. The molecule has 19 heavy (non-hydrogen) atoms. The van der Waals surface area contributed by atoms with E-state index < -0.39 is 4.92 Å². The van der Waals surface area contributed by atoms with Crippen LogP contribution in [-0.4, -0.2) is 4.92 Å². The van der Waals surface area contributed by atoms with Crippen molar-refractivity contribution in [3.05, 3.63) is 62.1 Å². The van der Waals surface area contributed by atoms with Crippen molar-refractivity contribution in [2.24, 2.45) is 0 Å². The van der Waals surface area contributed by atoms with Gasteiger partial charge in [-0.1, -0.05) is 24.3 Å². The lowest BCUT2D eigenvalue weighted by molar-refractivity contribution is -0.386. The van der Waals surface area contributed by atoms with Crippen LogP contribution in [0.2, 0.25) is 0 Å².